The summed E-state index contributed by atoms with van der Waals surface area (Å²) in [7, 11) is 0. The summed E-state index contributed by atoms with van der Waals surface area (Å²) >= 11 is 7.52. The molecule has 1 aliphatic rings. The molecule has 1 saturated heterocycles. The van der Waals surface area contributed by atoms with Crippen molar-refractivity contribution in [1.82, 2.24) is 0 Å². The highest BCUT2D eigenvalue weighted by molar-refractivity contribution is 7.15. The number of ether oxygens (including phenoxy) is 1. The maximum Gasteiger partial charge on any atom is 0.116 e. The first-order valence-corrected chi connectivity index (χ1v) is 6.20. The molecule has 14 heavy (non-hydrogen) atoms. The van der Waals surface area contributed by atoms with Gasteiger partial charge in [-0.05, 0) is 30.7 Å². The van der Waals surface area contributed by atoms with E-state index in [0.29, 0.717) is 6.10 Å². The average Bonchev–Trinajstić information content (AvgIpc) is 2.78. The monoisotopic (exact) mass is 231 g/mol. The molecule has 0 aromatic carbocycles. The van der Waals surface area contributed by atoms with Crippen molar-refractivity contribution in [2.75, 3.05) is 18.5 Å². The van der Waals surface area contributed by atoms with Gasteiger partial charge in [-0.1, -0.05) is 11.6 Å². The van der Waals surface area contributed by atoms with Gasteiger partial charge in [0.05, 0.1) is 11.8 Å². The van der Waals surface area contributed by atoms with Crippen LogP contribution in [0.1, 0.15) is 19.3 Å². The minimum Gasteiger partial charge on any atom is -0.383 e. The highest BCUT2D eigenvalue weighted by Gasteiger charge is 2.14. The number of anilines is 1. The number of halogens is 1. The molecule has 78 valence electrons. The lowest BCUT2D eigenvalue weighted by molar-refractivity contribution is 0.107. The Labute approximate surface area is 93.2 Å². The summed E-state index contributed by atoms with van der Waals surface area (Å²) in [6.45, 7) is 1.88. The third-order valence-electron chi connectivity index (χ3n) is 2.42. The van der Waals surface area contributed by atoms with Crippen LogP contribution >= 0.6 is 22.9 Å². The number of hydrogen-bond acceptors (Lipinski definition) is 3. The van der Waals surface area contributed by atoms with Crippen LogP contribution in [0, 0.1) is 0 Å². The Kier molecular flexibility index (Phi) is 3.67. The molecule has 1 unspecified atom stereocenters. The molecular formula is C10H14ClNOS. The molecule has 0 saturated carbocycles. The van der Waals surface area contributed by atoms with Crippen LogP contribution in [0.25, 0.3) is 0 Å². The maximum absolute atomic E-state index is 5.96. The van der Waals surface area contributed by atoms with Gasteiger partial charge in [-0.3, -0.25) is 0 Å². The van der Waals surface area contributed by atoms with Crippen LogP contribution in [0.2, 0.25) is 4.34 Å². The lowest BCUT2D eigenvalue weighted by Crippen LogP contribution is -2.12. The molecule has 2 nitrogen and oxygen atoms in total. The van der Waals surface area contributed by atoms with E-state index in [1.54, 1.807) is 11.3 Å². The Morgan fingerprint density at radius 3 is 3.21 bits per heavy atom. The second-order valence-corrected chi connectivity index (χ2v) is 4.98. The van der Waals surface area contributed by atoms with Crippen molar-refractivity contribution in [3.63, 3.8) is 0 Å². The number of hydrogen-bond donors (Lipinski definition) is 1. The molecule has 0 amide bonds. The molecule has 0 bridgehead atoms. The fourth-order valence-corrected chi connectivity index (χ4v) is 2.53. The summed E-state index contributed by atoms with van der Waals surface area (Å²) in [5.41, 5.74) is 1.05. The summed E-state index contributed by atoms with van der Waals surface area (Å²) < 4.78 is 6.38. The summed E-state index contributed by atoms with van der Waals surface area (Å²) in [6.07, 6.45) is 3.95. The van der Waals surface area contributed by atoms with E-state index in [1.807, 2.05) is 11.4 Å². The first-order valence-electron chi connectivity index (χ1n) is 4.95. The molecule has 1 aromatic heterocycles. The highest BCUT2D eigenvalue weighted by atomic mass is 35.5. The molecule has 1 aromatic rings. The molecule has 1 N–H and O–H groups in total. The van der Waals surface area contributed by atoms with Crippen molar-refractivity contribution in [3.8, 4) is 0 Å². The summed E-state index contributed by atoms with van der Waals surface area (Å²) in [5.74, 6) is 0. The lowest BCUT2D eigenvalue weighted by atomic mass is 10.2. The number of thiophene rings is 1. The van der Waals surface area contributed by atoms with Gasteiger partial charge in [0.1, 0.15) is 4.34 Å². The van der Waals surface area contributed by atoms with Crippen LogP contribution in [-0.2, 0) is 4.74 Å². The van der Waals surface area contributed by atoms with E-state index in [4.69, 9.17) is 16.3 Å². The molecule has 4 heteroatoms. The van der Waals surface area contributed by atoms with Crippen molar-refractivity contribution in [2.24, 2.45) is 0 Å². The topological polar surface area (TPSA) is 21.3 Å². The average molecular weight is 232 g/mol. The van der Waals surface area contributed by atoms with Gasteiger partial charge in [0.2, 0.25) is 0 Å². The first-order chi connectivity index (χ1) is 6.86. The van der Waals surface area contributed by atoms with Gasteiger partial charge in [0.15, 0.2) is 0 Å². The zero-order valence-electron chi connectivity index (χ0n) is 7.96. The van der Waals surface area contributed by atoms with Gasteiger partial charge in [-0.15, -0.1) is 11.3 Å². The van der Waals surface area contributed by atoms with Crippen LogP contribution in [0.5, 0.6) is 0 Å². The Balaban J connectivity index is 1.70. The first kappa shape index (κ1) is 10.3. The van der Waals surface area contributed by atoms with Crippen LogP contribution in [0.15, 0.2) is 11.4 Å². The molecule has 2 heterocycles. The number of nitrogens with one attached hydrogen (secondary N) is 1. The van der Waals surface area contributed by atoms with E-state index in [0.717, 1.165) is 29.6 Å². The van der Waals surface area contributed by atoms with Crippen molar-refractivity contribution in [1.29, 1.82) is 0 Å². The lowest BCUT2D eigenvalue weighted by Gasteiger charge is -2.10. The van der Waals surface area contributed by atoms with Crippen molar-refractivity contribution in [2.45, 2.75) is 25.4 Å². The molecule has 1 fully saturated rings. The summed E-state index contributed by atoms with van der Waals surface area (Å²) in [4.78, 5) is 0. The number of rotatable bonds is 4. The fraction of sp³-hybridized carbons (Fsp3) is 0.600. The Morgan fingerprint density at radius 1 is 1.64 bits per heavy atom. The predicted molar refractivity (Wildman–Crippen MR) is 61.4 cm³/mol. The summed E-state index contributed by atoms with van der Waals surface area (Å²) in [6, 6.07) is 2.02. The normalized spacial score (nSPS) is 21.4. The van der Waals surface area contributed by atoms with E-state index < -0.39 is 0 Å². The fourth-order valence-electron chi connectivity index (χ4n) is 1.66. The second kappa shape index (κ2) is 5.01. The van der Waals surface area contributed by atoms with Crippen LogP contribution < -0.4 is 5.32 Å². The molecule has 0 aliphatic carbocycles. The minimum atomic E-state index is 0.458. The zero-order valence-corrected chi connectivity index (χ0v) is 9.53. The van der Waals surface area contributed by atoms with E-state index in [2.05, 4.69) is 5.32 Å². The van der Waals surface area contributed by atoms with Crippen molar-refractivity contribution in [3.05, 3.63) is 15.8 Å². The van der Waals surface area contributed by atoms with Gasteiger partial charge in [0.25, 0.3) is 0 Å². The van der Waals surface area contributed by atoms with Gasteiger partial charge in [-0.25, -0.2) is 0 Å². The standard InChI is InChI=1S/C10H14ClNOS/c11-10-9(4-7-14-10)12-5-3-8-2-1-6-13-8/h4,7-8,12H,1-3,5-6H2. The SMILES string of the molecule is Clc1sccc1NCCC1CCCO1. The molecule has 1 aliphatic heterocycles. The second-order valence-electron chi connectivity index (χ2n) is 3.46. The third kappa shape index (κ3) is 2.62. The molecular weight excluding hydrogens is 218 g/mol. The predicted octanol–water partition coefficient (Wildman–Crippen LogP) is 3.38. The highest BCUT2D eigenvalue weighted by Crippen LogP contribution is 2.27. The molecule has 0 spiro atoms. The molecule has 1 atom stereocenters. The van der Waals surface area contributed by atoms with Gasteiger partial charge < -0.3 is 10.1 Å². The van der Waals surface area contributed by atoms with Crippen LogP contribution in [0.4, 0.5) is 5.69 Å². The van der Waals surface area contributed by atoms with Gasteiger partial charge in [0, 0.05) is 13.2 Å². The van der Waals surface area contributed by atoms with Crippen LogP contribution in [0.3, 0.4) is 0 Å². The third-order valence-corrected chi connectivity index (χ3v) is 3.59. The summed E-state index contributed by atoms with van der Waals surface area (Å²) in [5, 5.41) is 5.32. The van der Waals surface area contributed by atoms with Crippen molar-refractivity contribution < 1.29 is 4.74 Å². The van der Waals surface area contributed by atoms with E-state index in [1.165, 1.54) is 12.8 Å². The molecule has 0 radical (unpaired) electrons. The smallest absolute Gasteiger partial charge is 0.116 e. The van der Waals surface area contributed by atoms with E-state index in [-0.39, 0.29) is 0 Å². The van der Waals surface area contributed by atoms with Crippen molar-refractivity contribution >= 4 is 28.6 Å². The minimum absolute atomic E-state index is 0.458. The Hall–Kier alpha value is -0.250. The Morgan fingerprint density at radius 2 is 2.57 bits per heavy atom. The maximum atomic E-state index is 5.96. The van der Waals surface area contributed by atoms with E-state index in [9.17, 15) is 0 Å². The zero-order chi connectivity index (χ0) is 9.80. The van der Waals surface area contributed by atoms with Crippen LogP contribution in [-0.4, -0.2) is 19.3 Å². The van der Waals surface area contributed by atoms with Gasteiger partial charge in [-0.2, -0.15) is 0 Å². The molecule has 2 rings (SSSR count). The largest absolute Gasteiger partial charge is 0.383 e. The Bertz CT molecular complexity index is 283. The van der Waals surface area contributed by atoms with E-state index >= 15 is 0 Å². The quantitative estimate of drug-likeness (QED) is 0.858. The van der Waals surface area contributed by atoms with Gasteiger partial charge >= 0.3 is 0 Å².